The van der Waals surface area contributed by atoms with Gasteiger partial charge in [-0.2, -0.15) is 0 Å². The third kappa shape index (κ3) is 3.39. The zero-order chi connectivity index (χ0) is 15.0. The summed E-state index contributed by atoms with van der Waals surface area (Å²) in [6.07, 6.45) is 3.51. The number of sulfone groups is 1. The average molecular weight is 298 g/mol. The monoisotopic (exact) mass is 298 g/mol. The molecule has 0 bridgehead atoms. The fourth-order valence-electron chi connectivity index (χ4n) is 1.64. The van der Waals surface area contributed by atoms with E-state index in [2.05, 4.69) is 20.6 Å². The van der Waals surface area contributed by atoms with Crippen LogP contribution >= 0.6 is 0 Å². The molecule has 0 atom stereocenters. The fraction of sp³-hybridized carbons (Fsp3) is 0.692. The average Bonchev–Trinajstić information content (AvgIpc) is 3.19. The van der Waals surface area contributed by atoms with Gasteiger partial charge in [-0.25, -0.2) is 18.4 Å². The molecule has 0 aromatic carbocycles. The van der Waals surface area contributed by atoms with Crippen molar-refractivity contribution in [2.75, 3.05) is 30.5 Å². The molecule has 1 heterocycles. The maximum atomic E-state index is 11.7. The molecule has 6 nitrogen and oxygen atoms in total. The molecule has 0 saturated heterocycles. The van der Waals surface area contributed by atoms with E-state index >= 15 is 0 Å². The molecule has 20 heavy (non-hydrogen) atoms. The highest BCUT2D eigenvalue weighted by Crippen LogP contribution is 2.38. The first-order chi connectivity index (χ1) is 9.23. The van der Waals surface area contributed by atoms with Gasteiger partial charge in [0.1, 0.15) is 17.5 Å². The minimum atomic E-state index is -3.12. The van der Waals surface area contributed by atoms with Crippen LogP contribution in [-0.2, 0) is 9.84 Å². The van der Waals surface area contributed by atoms with Crippen LogP contribution in [0.3, 0.4) is 0 Å². The van der Waals surface area contributed by atoms with Crippen molar-refractivity contribution in [2.24, 2.45) is 0 Å². The molecule has 1 saturated carbocycles. The predicted octanol–water partition coefficient (Wildman–Crippen LogP) is 1.63. The number of hydrogen-bond donors (Lipinski definition) is 2. The van der Waals surface area contributed by atoms with Crippen molar-refractivity contribution in [1.29, 1.82) is 0 Å². The Labute approximate surface area is 120 Å². The number of nitrogens with zero attached hydrogens (tertiary/aromatic N) is 2. The van der Waals surface area contributed by atoms with Gasteiger partial charge < -0.3 is 10.6 Å². The minimum Gasteiger partial charge on any atom is -0.373 e. The SMILES string of the molecule is CNc1cc(NCC(C)(C)S(C)(=O)=O)nc(C2CC2)n1. The molecule has 0 unspecified atom stereocenters. The van der Waals surface area contributed by atoms with Gasteiger partial charge in [0, 0.05) is 31.8 Å². The smallest absolute Gasteiger partial charge is 0.154 e. The molecule has 1 aromatic heterocycles. The summed E-state index contributed by atoms with van der Waals surface area (Å²) in [6.45, 7) is 3.73. The van der Waals surface area contributed by atoms with Crippen LogP contribution in [0.4, 0.5) is 11.6 Å². The standard InChI is InChI=1S/C13H22N4O2S/c1-13(2,20(4,18)19)8-15-11-7-10(14-3)16-12(17-11)9-5-6-9/h7,9H,5-6,8H2,1-4H3,(H2,14,15,16,17). The number of rotatable bonds is 6. The zero-order valence-corrected chi connectivity index (χ0v) is 13.2. The first kappa shape index (κ1) is 15.0. The number of hydrogen-bond acceptors (Lipinski definition) is 6. The molecule has 0 amide bonds. The Morgan fingerprint density at radius 2 is 1.90 bits per heavy atom. The first-order valence-corrected chi connectivity index (χ1v) is 8.62. The molecule has 1 fully saturated rings. The summed E-state index contributed by atoms with van der Waals surface area (Å²) < 4.78 is 22.6. The van der Waals surface area contributed by atoms with Gasteiger partial charge in [-0.05, 0) is 26.7 Å². The Hall–Kier alpha value is -1.37. The summed E-state index contributed by atoms with van der Waals surface area (Å²) in [7, 11) is -1.32. The van der Waals surface area contributed by atoms with Crippen LogP contribution < -0.4 is 10.6 Å². The topological polar surface area (TPSA) is 84.0 Å². The van der Waals surface area contributed by atoms with E-state index in [0.717, 1.165) is 24.5 Å². The molecular weight excluding hydrogens is 276 g/mol. The molecule has 1 aliphatic carbocycles. The van der Waals surface area contributed by atoms with E-state index in [1.54, 1.807) is 19.9 Å². The summed E-state index contributed by atoms with van der Waals surface area (Å²) in [5, 5.41) is 6.13. The van der Waals surface area contributed by atoms with Crippen LogP contribution in [0, 0.1) is 0 Å². The lowest BCUT2D eigenvalue weighted by Gasteiger charge is -2.23. The van der Waals surface area contributed by atoms with Crippen molar-refractivity contribution in [3.63, 3.8) is 0 Å². The van der Waals surface area contributed by atoms with Crippen molar-refractivity contribution in [3.8, 4) is 0 Å². The summed E-state index contributed by atoms with van der Waals surface area (Å²) in [4.78, 5) is 8.90. The van der Waals surface area contributed by atoms with Crippen molar-refractivity contribution in [2.45, 2.75) is 37.4 Å². The fourth-order valence-corrected chi connectivity index (χ4v) is 1.98. The van der Waals surface area contributed by atoms with Crippen LogP contribution in [0.15, 0.2) is 6.07 Å². The van der Waals surface area contributed by atoms with Crippen LogP contribution in [0.2, 0.25) is 0 Å². The Bertz CT molecular complexity index is 594. The van der Waals surface area contributed by atoms with Gasteiger partial charge in [0.15, 0.2) is 9.84 Å². The summed E-state index contributed by atoms with van der Waals surface area (Å²) in [5.74, 6) is 2.70. The molecule has 0 spiro atoms. The van der Waals surface area contributed by atoms with Crippen molar-refractivity contribution in [1.82, 2.24) is 9.97 Å². The van der Waals surface area contributed by atoms with Crippen LogP contribution in [0.5, 0.6) is 0 Å². The maximum Gasteiger partial charge on any atom is 0.154 e. The molecule has 7 heteroatoms. The van der Waals surface area contributed by atoms with E-state index in [1.807, 2.05) is 7.05 Å². The largest absolute Gasteiger partial charge is 0.373 e. The zero-order valence-electron chi connectivity index (χ0n) is 12.4. The van der Waals surface area contributed by atoms with E-state index in [-0.39, 0.29) is 0 Å². The molecule has 2 rings (SSSR count). The van der Waals surface area contributed by atoms with Crippen molar-refractivity contribution in [3.05, 3.63) is 11.9 Å². The normalized spacial score (nSPS) is 16.0. The molecule has 112 valence electrons. The highest BCUT2D eigenvalue weighted by Gasteiger charge is 2.31. The lowest BCUT2D eigenvalue weighted by Crippen LogP contribution is -2.38. The van der Waals surface area contributed by atoms with E-state index in [1.165, 1.54) is 6.26 Å². The Balaban J connectivity index is 2.15. The van der Waals surface area contributed by atoms with Crippen molar-refractivity contribution >= 4 is 21.5 Å². The quantitative estimate of drug-likeness (QED) is 0.830. The van der Waals surface area contributed by atoms with Gasteiger partial charge in [0.25, 0.3) is 0 Å². The Morgan fingerprint density at radius 3 is 2.40 bits per heavy atom. The van der Waals surface area contributed by atoms with Crippen LogP contribution in [0.1, 0.15) is 38.4 Å². The molecule has 1 aromatic rings. The van der Waals surface area contributed by atoms with E-state index < -0.39 is 14.6 Å². The van der Waals surface area contributed by atoms with Gasteiger partial charge in [-0.15, -0.1) is 0 Å². The van der Waals surface area contributed by atoms with Gasteiger partial charge in [-0.1, -0.05) is 0 Å². The van der Waals surface area contributed by atoms with Crippen LogP contribution in [-0.4, -0.2) is 43.0 Å². The van der Waals surface area contributed by atoms with Crippen molar-refractivity contribution < 1.29 is 8.42 Å². The van der Waals surface area contributed by atoms with Gasteiger partial charge >= 0.3 is 0 Å². The summed E-state index contributed by atoms with van der Waals surface area (Å²) >= 11 is 0. The highest BCUT2D eigenvalue weighted by atomic mass is 32.2. The van der Waals surface area contributed by atoms with Gasteiger partial charge in [0.2, 0.25) is 0 Å². The Kier molecular flexibility index (Phi) is 3.90. The minimum absolute atomic E-state index is 0.316. The third-order valence-corrected chi connectivity index (χ3v) is 5.79. The van der Waals surface area contributed by atoms with Gasteiger partial charge in [-0.3, -0.25) is 0 Å². The predicted molar refractivity (Wildman–Crippen MR) is 81.0 cm³/mol. The molecule has 1 aliphatic rings. The summed E-state index contributed by atoms with van der Waals surface area (Å²) in [6, 6.07) is 1.80. The highest BCUT2D eigenvalue weighted by molar-refractivity contribution is 7.92. The van der Waals surface area contributed by atoms with Crippen LogP contribution in [0.25, 0.3) is 0 Å². The lowest BCUT2D eigenvalue weighted by atomic mass is 10.2. The summed E-state index contributed by atoms with van der Waals surface area (Å²) in [5.41, 5.74) is 0. The molecule has 0 radical (unpaired) electrons. The number of anilines is 2. The first-order valence-electron chi connectivity index (χ1n) is 6.73. The van der Waals surface area contributed by atoms with E-state index in [0.29, 0.717) is 18.3 Å². The number of nitrogens with one attached hydrogen (secondary N) is 2. The number of aromatic nitrogens is 2. The molecule has 0 aliphatic heterocycles. The second-order valence-corrected chi connectivity index (χ2v) is 8.56. The van der Waals surface area contributed by atoms with E-state index in [9.17, 15) is 8.42 Å². The van der Waals surface area contributed by atoms with Gasteiger partial charge in [0.05, 0.1) is 4.75 Å². The molecular formula is C13H22N4O2S. The van der Waals surface area contributed by atoms with E-state index in [4.69, 9.17) is 0 Å². The third-order valence-electron chi connectivity index (χ3n) is 3.64. The maximum absolute atomic E-state index is 11.7. The molecule has 2 N–H and O–H groups in total. The second kappa shape index (κ2) is 5.20. The Morgan fingerprint density at radius 1 is 1.30 bits per heavy atom. The lowest BCUT2D eigenvalue weighted by molar-refractivity contribution is 0.559. The second-order valence-electron chi connectivity index (χ2n) is 5.91.